The van der Waals surface area contributed by atoms with Gasteiger partial charge >= 0.3 is 0 Å². The second-order valence-corrected chi connectivity index (χ2v) is 8.99. The highest BCUT2D eigenvalue weighted by Crippen LogP contribution is 2.30. The van der Waals surface area contributed by atoms with E-state index in [1.165, 1.54) is 21.6 Å². The van der Waals surface area contributed by atoms with Crippen molar-refractivity contribution in [3.63, 3.8) is 0 Å². The number of rotatable bonds is 9. The Morgan fingerprint density at radius 1 is 1.29 bits per heavy atom. The van der Waals surface area contributed by atoms with E-state index in [0.717, 1.165) is 17.1 Å². The maximum Gasteiger partial charge on any atom is 0.265 e. The normalized spacial score (nSPS) is 15.2. The molecule has 0 bridgehead atoms. The fraction of sp³-hybridized carbons (Fsp3) is 0.294. The standard InChI is InChI=1S/C17H19NO3S3/c1-3-10-24(21)11-6-9-22-23-12-13(2)18-16(19)14-7-4-5-8-15(14)17(18)20/h4-9H,2-3,10-12H2,1H3. The SMILES string of the molecule is C=C(CSSC=CC[S+]([O-])CCC)N1C(=O)c2ccccc2C1=O. The van der Waals surface area contributed by atoms with Crippen LogP contribution in [0.5, 0.6) is 0 Å². The minimum Gasteiger partial charge on any atom is -0.616 e. The Morgan fingerprint density at radius 3 is 2.50 bits per heavy atom. The number of imide groups is 1. The first-order valence-electron chi connectivity index (χ1n) is 7.50. The Morgan fingerprint density at radius 2 is 1.92 bits per heavy atom. The third-order valence-electron chi connectivity index (χ3n) is 3.27. The van der Waals surface area contributed by atoms with Crippen molar-refractivity contribution in [2.24, 2.45) is 0 Å². The van der Waals surface area contributed by atoms with E-state index in [1.807, 2.05) is 18.4 Å². The molecular weight excluding hydrogens is 362 g/mol. The molecule has 1 unspecified atom stereocenters. The van der Waals surface area contributed by atoms with E-state index in [0.29, 0.717) is 28.3 Å². The predicted octanol–water partition coefficient (Wildman–Crippen LogP) is 3.85. The second kappa shape index (κ2) is 9.36. The van der Waals surface area contributed by atoms with Gasteiger partial charge in [0.15, 0.2) is 0 Å². The van der Waals surface area contributed by atoms with Gasteiger partial charge in [-0.15, -0.1) is 0 Å². The zero-order valence-corrected chi connectivity index (χ0v) is 15.8. The molecule has 1 aliphatic rings. The lowest BCUT2D eigenvalue weighted by Gasteiger charge is -2.15. The van der Waals surface area contributed by atoms with Crippen molar-refractivity contribution >= 4 is 44.6 Å². The molecule has 0 aliphatic carbocycles. The third kappa shape index (κ3) is 4.69. The van der Waals surface area contributed by atoms with Crippen molar-refractivity contribution in [3.8, 4) is 0 Å². The molecule has 1 aromatic rings. The number of amides is 2. The van der Waals surface area contributed by atoms with Gasteiger partial charge in [-0.2, -0.15) is 0 Å². The monoisotopic (exact) mass is 381 g/mol. The minimum absolute atomic E-state index is 0.309. The number of fused-ring (bicyclic) bond motifs is 1. The first-order chi connectivity index (χ1) is 11.6. The van der Waals surface area contributed by atoms with E-state index >= 15 is 0 Å². The summed E-state index contributed by atoms with van der Waals surface area (Å²) in [7, 11) is 2.96. The molecule has 1 atom stereocenters. The molecule has 0 saturated carbocycles. The lowest BCUT2D eigenvalue weighted by Crippen LogP contribution is -2.29. The molecule has 4 nitrogen and oxygen atoms in total. The molecule has 0 fully saturated rings. The maximum atomic E-state index is 12.3. The molecule has 0 spiro atoms. The molecule has 1 aliphatic heterocycles. The minimum atomic E-state index is -0.793. The Hall–Kier alpha value is -1.15. The van der Waals surface area contributed by atoms with E-state index in [2.05, 4.69) is 6.58 Å². The lowest BCUT2D eigenvalue weighted by molar-refractivity contribution is 0.0706. The van der Waals surface area contributed by atoms with Gasteiger partial charge in [0.2, 0.25) is 0 Å². The number of nitrogens with zero attached hydrogens (tertiary/aromatic N) is 1. The summed E-state index contributed by atoms with van der Waals surface area (Å²) in [4.78, 5) is 25.8. The summed E-state index contributed by atoms with van der Waals surface area (Å²) in [6.07, 6.45) is 2.80. The van der Waals surface area contributed by atoms with Gasteiger partial charge in [-0.1, -0.05) is 47.2 Å². The van der Waals surface area contributed by atoms with Gasteiger partial charge in [0, 0.05) is 11.4 Å². The van der Waals surface area contributed by atoms with Crippen LogP contribution >= 0.6 is 21.6 Å². The smallest absolute Gasteiger partial charge is 0.265 e. The molecule has 0 N–H and O–H groups in total. The molecule has 1 aromatic carbocycles. The molecule has 128 valence electrons. The topological polar surface area (TPSA) is 60.4 Å². The average molecular weight is 382 g/mol. The van der Waals surface area contributed by atoms with Crippen LogP contribution < -0.4 is 0 Å². The summed E-state index contributed by atoms with van der Waals surface area (Å²) in [5, 5.41) is 1.88. The molecule has 0 saturated heterocycles. The number of benzene rings is 1. The summed E-state index contributed by atoms with van der Waals surface area (Å²) >= 11 is -0.793. The van der Waals surface area contributed by atoms with Crippen molar-refractivity contribution in [1.29, 1.82) is 0 Å². The van der Waals surface area contributed by atoms with Crippen LogP contribution in [0, 0.1) is 0 Å². The van der Waals surface area contributed by atoms with E-state index in [4.69, 9.17) is 0 Å². The summed E-state index contributed by atoms with van der Waals surface area (Å²) in [6.45, 7) is 5.88. The summed E-state index contributed by atoms with van der Waals surface area (Å²) < 4.78 is 11.5. The summed E-state index contributed by atoms with van der Waals surface area (Å²) in [6, 6.07) is 6.80. The molecular formula is C17H19NO3S3. The number of hydrogen-bond acceptors (Lipinski definition) is 5. The van der Waals surface area contributed by atoms with E-state index in [9.17, 15) is 14.1 Å². The molecule has 0 aromatic heterocycles. The highest BCUT2D eigenvalue weighted by molar-refractivity contribution is 8.77. The largest absolute Gasteiger partial charge is 0.616 e. The first-order valence-corrected chi connectivity index (χ1v) is 11.4. The van der Waals surface area contributed by atoms with Crippen LogP contribution in [0.25, 0.3) is 0 Å². The predicted molar refractivity (Wildman–Crippen MR) is 103 cm³/mol. The van der Waals surface area contributed by atoms with Crippen molar-refractivity contribution in [2.45, 2.75) is 13.3 Å². The number of hydrogen-bond donors (Lipinski definition) is 0. The van der Waals surface area contributed by atoms with Crippen LogP contribution in [0.4, 0.5) is 0 Å². The van der Waals surface area contributed by atoms with Gasteiger partial charge in [-0.25, -0.2) is 4.90 Å². The zero-order chi connectivity index (χ0) is 17.5. The maximum absolute atomic E-state index is 12.3. The summed E-state index contributed by atoms with van der Waals surface area (Å²) in [5.74, 6) is 1.12. The van der Waals surface area contributed by atoms with Gasteiger partial charge in [0.05, 0.1) is 11.1 Å². The van der Waals surface area contributed by atoms with Crippen LogP contribution in [0.15, 0.2) is 48.0 Å². The van der Waals surface area contributed by atoms with E-state index < -0.39 is 11.2 Å². The highest BCUT2D eigenvalue weighted by Gasteiger charge is 2.36. The van der Waals surface area contributed by atoms with Crippen LogP contribution in [-0.2, 0) is 11.2 Å². The van der Waals surface area contributed by atoms with Crippen LogP contribution in [0.2, 0.25) is 0 Å². The van der Waals surface area contributed by atoms with E-state index in [1.54, 1.807) is 24.3 Å². The third-order valence-corrected chi connectivity index (χ3v) is 6.68. The van der Waals surface area contributed by atoms with Gasteiger partial charge in [-0.05, 0) is 41.2 Å². The Balaban J connectivity index is 1.79. The average Bonchev–Trinajstić information content (AvgIpc) is 2.82. The zero-order valence-electron chi connectivity index (χ0n) is 13.4. The summed E-state index contributed by atoms with van der Waals surface area (Å²) in [5.41, 5.74) is 1.33. The van der Waals surface area contributed by atoms with Crippen LogP contribution in [0.3, 0.4) is 0 Å². The first kappa shape index (κ1) is 19.2. The number of carbonyl (C=O) groups excluding carboxylic acids is 2. The van der Waals surface area contributed by atoms with Crippen molar-refractivity contribution in [1.82, 2.24) is 4.90 Å². The molecule has 7 heteroatoms. The Bertz CT molecular complexity index is 625. The quantitative estimate of drug-likeness (QED) is 0.281. The Kier molecular flexibility index (Phi) is 7.48. The molecule has 2 amide bonds. The molecule has 1 heterocycles. The van der Waals surface area contributed by atoms with Gasteiger partial charge in [0.1, 0.15) is 11.5 Å². The van der Waals surface area contributed by atoms with Crippen molar-refractivity contribution < 1.29 is 14.1 Å². The van der Waals surface area contributed by atoms with Gasteiger partial charge in [-0.3, -0.25) is 9.59 Å². The van der Waals surface area contributed by atoms with Crippen molar-refractivity contribution in [3.05, 3.63) is 59.2 Å². The van der Waals surface area contributed by atoms with Crippen LogP contribution in [-0.4, -0.2) is 38.5 Å². The molecule has 2 rings (SSSR count). The number of carbonyl (C=O) groups is 2. The second-order valence-electron chi connectivity index (χ2n) is 5.10. The Labute approximate surface area is 153 Å². The fourth-order valence-corrected chi connectivity index (χ4v) is 4.90. The van der Waals surface area contributed by atoms with Gasteiger partial charge < -0.3 is 4.55 Å². The lowest BCUT2D eigenvalue weighted by atomic mass is 10.1. The van der Waals surface area contributed by atoms with Gasteiger partial charge in [0.25, 0.3) is 11.8 Å². The molecule has 24 heavy (non-hydrogen) atoms. The molecule has 0 radical (unpaired) electrons. The van der Waals surface area contributed by atoms with E-state index in [-0.39, 0.29) is 11.8 Å². The van der Waals surface area contributed by atoms with Crippen molar-refractivity contribution in [2.75, 3.05) is 17.3 Å². The van der Waals surface area contributed by atoms with Crippen LogP contribution in [0.1, 0.15) is 34.1 Å². The highest BCUT2D eigenvalue weighted by atomic mass is 33.1. The fourth-order valence-electron chi connectivity index (χ4n) is 2.18.